The Bertz CT molecular complexity index is 1200. The zero-order valence-corrected chi connectivity index (χ0v) is 18.9. The highest BCUT2D eigenvalue weighted by atomic mass is 35.5. The Balaban J connectivity index is 1.37. The van der Waals surface area contributed by atoms with Gasteiger partial charge in [0, 0.05) is 34.9 Å². The summed E-state index contributed by atoms with van der Waals surface area (Å²) in [6.45, 7) is 0.898. The SMILES string of the molecule is N#Cc1ccc(CCC(=O)N2CCCc3cc(NCC(=O)c4ccc(Cl)cc4)ccc32)cc1. The Labute approximate surface area is 198 Å². The molecule has 4 rings (SSSR count). The van der Waals surface area contributed by atoms with Crippen molar-refractivity contribution in [2.24, 2.45) is 0 Å². The van der Waals surface area contributed by atoms with Crippen molar-refractivity contribution >= 4 is 34.7 Å². The molecule has 3 aromatic rings. The minimum Gasteiger partial charge on any atom is -0.378 e. The summed E-state index contributed by atoms with van der Waals surface area (Å²) in [6, 6.07) is 22.2. The molecule has 0 aromatic heterocycles. The molecule has 33 heavy (non-hydrogen) atoms. The molecule has 1 N–H and O–H groups in total. The number of hydrogen-bond donors (Lipinski definition) is 1. The number of nitrogens with one attached hydrogen (secondary N) is 1. The Morgan fingerprint density at radius 2 is 1.79 bits per heavy atom. The number of carbonyl (C=O) groups excluding carboxylic acids is 2. The van der Waals surface area contributed by atoms with Gasteiger partial charge in [0.2, 0.25) is 5.91 Å². The van der Waals surface area contributed by atoms with Gasteiger partial charge in [0.15, 0.2) is 5.78 Å². The number of nitriles is 1. The highest BCUT2D eigenvalue weighted by Crippen LogP contribution is 2.30. The zero-order valence-electron chi connectivity index (χ0n) is 18.2. The summed E-state index contributed by atoms with van der Waals surface area (Å²) in [6.07, 6.45) is 2.86. The molecule has 1 amide bonds. The number of anilines is 2. The van der Waals surface area contributed by atoms with E-state index < -0.39 is 0 Å². The Kier molecular flexibility index (Phi) is 7.07. The van der Waals surface area contributed by atoms with E-state index in [2.05, 4.69) is 11.4 Å². The third-order valence-corrected chi connectivity index (χ3v) is 6.08. The van der Waals surface area contributed by atoms with Gasteiger partial charge in [0.05, 0.1) is 18.2 Å². The summed E-state index contributed by atoms with van der Waals surface area (Å²) in [4.78, 5) is 27.2. The number of carbonyl (C=O) groups is 2. The minimum absolute atomic E-state index is 0.0102. The van der Waals surface area contributed by atoms with Crippen LogP contribution in [0.2, 0.25) is 5.02 Å². The monoisotopic (exact) mass is 457 g/mol. The molecule has 1 heterocycles. The van der Waals surface area contributed by atoms with Crippen LogP contribution in [0.5, 0.6) is 0 Å². The number of ketones is 1. The number of fused-ring (bicyclic) bond motifs is 1. The third-order valence-electron chi connectivity index (χ3n) is 5.83. The van der Waals surface area contributed by atoms with Gasteiger partial charge in [-0.25, -0.2) is 0 Å². The van der Waals surface area contributed by atoms with E-state index in [4.69, 9.17) is 16.9 Å². The summed E-state index contributed by atoms with van der Waals surface area (Å²) in [5.41, 5.74) is 5.20. The van der Waals surface area contributed by atoms with Crippen LogP contribution in [0, 0.1) is 11.3 Å². The Morgan fingerprint density at radius 3 is 2.52 bits per heavy atom. The minimum atomic E-state index is -0.0102. The fraction of sp³-hybridized carbons (Fsp3) is 0.222. The lowest BCUT2D eigenvalue weighted by Crippen LogP contribution is -2.35. The van der Waals surface area contributed by atoms with Crippen molar-refractivity contribution in [1.29, 1.82) is 5.26 Å². The molecule has 166 valence electrons. The van der Waals surface area contributed by atoms with Crippen LogP contribution >= 0.6 is 11.6 Å². The molecular formula is C27H24ClN3O2. The van der Waals surface area contributed by atoms with Gasteiger partial charge in [-0.05, 0) is 85.0 Å². The fourth-order valence-corrected chi connectivity index (χ4v) is 4.14. The number of hydrogen-bond acceptors (Lipinski definition) is 4. The molecule has 3 aromatic carbocycles. The standard InChI is InChI=1S/C27H24ClN3O2/c28-23-10-8-21(9-11-23)26(32)18-30-24-12-13-25-22(16-24)2-1-15-31(25)27(33)14-7-19-3-5-20(17-29)6-4-19/h3-6,8-13,16,30H,1-2,7,14-15,18H2. The van der Waals surface area contributed by atoms with Crippen molar-refractivity contribution in [1.82, 2.24) is 0 Å². The molecule has 0 bridgehead atoms. The molecule has 0 atom stereocenters. The van der Waals surface area contributed by atoms with Crippen LogP contribution in [0.3, 0.4) is 0 Å². The fourth-order valence-electron chi connectivity index (χ4n) is 4.02. The number of nitrogens with zero attached hydrogens (tertiary/aromatic N) is 2. The number of aryl methyl sites for hydroxylation is 2. The van der Waals surface area contributed by atoms with Crippen LogP contribution in [-0.4, -0.2) is 24.8 Å². The second-order valence-corrected chi connectivity index (χ2v) is 8.52. The van der Waals surface area contributed by atoms with E-state index in [9.17, 15) is 9.59 Å². The van der Waals surface area contributed by atoms with Gasteiger partial charge in [-0.2, -0.15) is 5.26 Å². The van der Waals surface area contributed by atoms with Gasteiger partial charge < -0.3 is 10.2 Å². The Morgan fingerprint density at radius 1 is 1.03 bits per heavy atom. The molecule has 5 nitrogen and oxygen atoms in total. The van der Waals surface area contributed by atoms with E-state index >= 15 is 0 Å². The first-order valence-corrected chi connectivity index (χ1v) is 11.4. The second kappa shape index (κ2) is 10.3. The lowest BCUT2D eigenvalue weighted by molar-refractivity contribution is -0.118. The molecule has 6 heteroatoms. The van der Waals surface area contributed by atoms with E-state index in [0.717, 1.165) is 35.3 Å². The van der Waals surface area contributed by atoms with E-state index in [1.54, 1.807) is 36.4 Å². The smallest absolute Gasteiger partial charge is 0.227 e. The number of benzene rings is 3. The topological polar surface area (TPSA) is 73.2 Å². The quantitative estimate of drug-likeness (QED) is 0.481. The highest BCUT2D eigenvalue weighted by molar-refractivity contribution is 6.30. The van der Waals surface area contributed by atoms with Gasteiger partial charge in [0.1, 0.15) is 0 Å². The molecule has 0 spiro atoms. The van der Waals surface area contributed by atoms with Gasteiger partial charge >= 0.3 is 0 Å². The number of rotatable bonds is 7. The molecule has 1 aliphatic rings. The van der Waals surface area contributed by atoms with Crippen LogP contribution < -0.4 is 10.2 Å². The van der Waals surface area contributed by atoms with Crippen molar-refractivity contribution in [3.63, 3.8) is 0 Å². The van der Waals surface area contributed by atoms with E-state index in [1.165, 1.54) is 0 Å². The first-order valence-electron chi connectivity index (χ1n) is 11.0. The predicted octanol–water partition coefficient (Wildman–Crippen LogP) is 5.42. The molecule has 0 unspecified atom stereocenters. The van der Waals surface area contributed by atoms with Gasteiger partial charge in [-0.1, -0.05) is 23.7 Å². The molecular weight excluding hydrogens is 434 g/mol. The van der Waals surface area contributed by atoms with Crippen LogP contribution in [0.1, 0.15) is 39.9 Å². The first-order chi connectivity index (χ1) is 16.0. The Hall–Kier alpha value is -3.62. The van der Waals surface area contributed by atoms with E-state index in [0.29, 0.717) is 35.5 Å². The van der Waals surface area contributed by atoms with Crippen molar-refractivity contribution in [2.75, 3.05) is 23.3 Å². The van der Waals surface area contributed by atoms with Crippen LogP contribution in [0.4, 0.5) is 11.4 Å². The molecule has 0 saturated heterocycles. The van der Waals surface area contributed by atoms with Crippen molar-refractivity contribution in [3.8, 4) is 6.07 Å². The molecule has 0 radical (unpaired) electrons. The summed E-state index contributed by atoms with van der Waals surface area (Å²) < 4.78 is 0. The average molecular weight is 458 g/mol. The maximum atomic E-state index is 12.9. The van der Waals surface area contributed by atoms with Gasteiger partial charge in [-0.15, -0.1) is 0 Å². The van der Waals surface area contributed by atoms with Crippen molar-refractivity contribution < 1.29 is 9.59 Å². The molecule has 0 fully saturated rings. The maximum Gasteiger partial charge on any atom is 0.227 e. The first kappa shape index (κ1) is 22.6. The highest BCUT2D eigenvalue weighted by Gasteiger charge is 2.22. The number of amides is 1. The summed E-state index contributed by atoms with van der Waals surface area (Å²) >= 11 is 5.89. The lowest BCUT2D eigenvalue weighted by atomic mass is 9.99. The number of Topliss-reactive ketones (excluding diaryl/α,β-unsaturated/α-hetero) is 1. The average Bonchev–Trinajstić information content (AvgIpc) is 2.86. The molecule has 1 aliphatic heterocycles. The normalized spacial score (nSPS) is 12.5. The van der Waals surface area contributed by atoms with Crippen molar-refractivity contribution in [3.05, 3.63) is 94.0 Å². The maximum absolute atomic E-state index is 12.9. The largest absolute Gasteiger partial charge is 0.378 e. The summed E-state index contributed by atoms with van der Waals surface area (Å²) in [5.74, 6) is 0.0860. The lowest BCUT2D eigenvalue weighted by Gasteiger charge is -2.30. The van der Waals surface area contributed by atoms with Crippen LogP contribution in [-0.2, 0) is 17.6 Å². The zero-order chi connectivity index (χ0) is 23.2. The predicted molar refractivity (Wildman–Crippen MR) is 131 cm³/mol. The summed E-state index contributed by atoms with van der Waals surface area (Å²) in [7, 11) is 0. The molecule has 0 saturated carbocycles. The third kappa shape index (κ3) is 5.60. The van der Waals surface area contributed by atoms with Crippen LogP contribution in [0.15, 0.2) is 66.7 Å². The van der Waals surface area contributed by atoms with E-state index in [-0.39, 0.29) is 18.2 Å². The van der Waals surface area contributed by atoms with Gasteiger partial charge in [0.25, 0.3) is 0 Å². The number of halogens is 1. The van der Waals surface area contributed by atoms with Crippen molar-refractivity contribution in [2.45, 2.75) is 25.7 Å². The second-order valence-electron chi connectivity index (χ2n) is 8.08. The van der Waals surface area contributed by atoms with Gasteiger partial charge in [-0.3, -0.25) is 9.59 Å². The molecule has 0 aliphatic carbocycles. The van der Waals surface area contributed by atoms with E-state index in [1.807, 2.05) is 35.2 Å². The van der Waals surface area contributed by atoms with Crippen LogP contribution in [0.25, 0.3) is 0 Å². The summed E-state index contributed by atoms with van der Waals surface area (Å²) in [5, 5.41) is 12.7.